The number of carbonyl (C=O) groups is 1. The van der Waals surface area contributed by atoms with E-state index in [1.54, 1.807) is 6.07 Å². The third-order valence-corrected chi connectivity index (χ3v) is 2.08. The highest BCUT2D eigenvalue weighted by Gasteiger charge is 2.21. The van der Waals surface area contributed by atoms with E-state index in [2.05, 4.69) is 4.98 Å². The van der Waals surface area contributed by atoms with Crippen LogP contribution in [0, 0.1) is 18.3 Å². The van der Waals surface area contributed by atoms with Crippen molar-refractivity contribution in [2.75, 3.05) is 0 Å². The molecule has 1 heterocycles. The first-order chi connectivity index (χ1) is 7.47. The fourth-order valence-corrected chi connectivity index (χ4v) is 1.40. The maximum absolute atomic E-state index is 12.7. The van der Waals surface area contributed by atoms with Gasteiger partial charge in [0.1, 0.15) is 11.8 Å². The number of hydrogen-bond acceptors (Lipinski definition) is 3. The topological polar surface area (TPSA) is 74.0 Å². The summed E-state index contributed by atoms with van der Waals surface area (Å²) in [7, 11) is 0. The van der Waals surface area contributed by atoms with Crippen LogP contribution in [0.25, 0.3) is 0 Å². The number of nitriles is 1. The SMILES string of the molecule is Cc1cnc(C#N)c(CC(=O)O)c1C(F)F. The Bertz CT molecular complexity index is 467. The van der Waals surface area contributed by atoms with Crippen molar-refractivity contribution in [3.63, 3.8) is 0 Å². The Balaban J connectivity index is 3.43. The van der Waals surface area contributed by atoms with Crippen molar-refractivity contribution in [3.05, 3.63) is 28.6 Å². The molecule has 0 saturated heterocycles. The van der Waals surface area contributed by atoms with Crippen LogP contribution in [0.15, 0.2) is 6.20 Å². The van der Waals surface area contributed by atoms with Gasteiger partial charge in [-0.3, -0.25) is 4.79 Å². The Morgan fingerprint density at radius 2 is 2.31 bits per heavy atom. The summed E-state index contributed by atoms with van der Waals surface area (Å²) in [6.45, 7) is 1.40. The molecule has 0 radical (unpaired) electrons. The van der Waals surface area contributed by atoms with E-state index in [1.165, 1.54) is 6.92 Å². The van der Waals surface area contributed by atoms with Gasteiger partial charge in [0.2, 0.25) is 0 Å². The van der Waals surface area contributed by atoms with E-state index < -0.39 is 24.4 Å². The molecule has 1 aromatic rings. The van der Waals surface area contributed by atoms with Crippen LogP contribution in [0.5, 0.6) is 0 Å². The molecule has 0 atom stereocenters. The van der Waals surface area contributed by atoms with Crippen molar-refractivity contribution >= 4 is 5.97 Å². The zero-order valence-electron chi connectivity index (χ0n) is 8.37. The summed E-state index contributed by atoms with van der Waals surface area (Å²) in [5.74, 6) is -1.27. The van der Waals surface area contributed by atoms with E-state index in [-0.39, 0.29) is 16.8 Å². The minimum atomic E-state index is -2.82. The average molecular weight is 226 g/mol. The van der Waals surface area contributed by atoms with Gasteiger partial charge >= 0.3 is 5.97 Å². The summed E-state index contributed by atoms with van der Waals surface area (Å²) in [6, 6.07) is 1.62. The zero-order chi connectivity index (χ0) is 12.3. The molecule has 0 aliphatic rings. The van der Waals surface area contributed by atoms with Crippen LogP contribution < -0.4 is 0 Å². The number of carboxylic acid groups (broad SMARTS) is 1. The van der Waals surface area contributed by atoms with E-state index in [0.717, 1.165) is 6.20 Å². The van der Waals surface area contributed by atoms with Gasteiger partial charge in [0, 0.05) is 17.3 Å². The van der Waals surface area contributed by atoms with Gasteiger partial charge in [0.15, 0.2) is 0 Å². The minimum Gasteiger partial charge on any atom is -0.481 e. The molecule has 4 nitrogen and oxygen atoms in total. The lowest BCUT2D eigenvalue weighted by Crippen LogP contribution is -2.09. The number of hydrogen-bond donors (Lipinski definition) is 1. The molecular weight excluding hydrogens is 218 g/mol. The number of aryl methyl sites for hydroxylation is 1. The lowest BCUT2D eigenvalue weighted by Gasteiger charge is -2.10. The van der Waals surface area contributed by atoms with E-state index >= 15 is 0 Å². The van der Waals surface area contributed by atoms with Gasteiger partial charge in [0.05, 0.1) is 6.42 Å². The van der Waals surface area contributed by atoms with Crippen molar-refractivity contribution < 1.29 is 18.7 Å². The molecule has 0 fully saturated rings. The van der Waals surface area contributed by atoms with E-state index in [9.17, 15) is 13.6 Å². The van der Waals surface area contributed by atoms with Crippen LogP contribution in [0.3, 0.4) is 0 Å². The molecule has 0 saturated carbocycles. The van der Waals surface area contributed by atoms with Crippen molar-refractivity contribution in [1.82, 2.24) is 4.98 Å². The molecule has 0 aliphatic heterocycles. The number of pyridine rings is 1. The van der Waals surface area contributed by atoms with Crippen molar-refractivity contribution in [3.8, 4) is 6.07 Å². The van der Waals surface area contributed by atoms with Crippen molar-refractivity contribution in [2.24, 2.45) is 0 Å². The highest BCUT2D eigenvalue weighted by atomic mass is 19.3. The molecule has 0 aromatic carbocycles. The first kappa shape index (κ1) is 12.0. The summed E-state index contributed by atoms with van der Waals surface area (Å²) in [5, 5.41) is 17.3. The molecule has 1 rings (SSSR count). The molecular formula is C10H8F2N2O2. The molecule has 0 spiro atoms. The molecule has 1 N–H and O–H groups in total. The first-order valence-electron chi connectivity index (χ1n) is 4.35. The lowest BCUT2D eigenvalue weighted by atomic mass is 10.00. The number of halogens is 2. The van der Waals surface area contributed by atoms with Crippen LogP contribution in [0.4, 0.5) is 8.78 Å². The fraction of sp³-hybridized carbons (Fsp3) is 0.300. The maximum Gasteiger partial charge on any atom is 0.307 e. The van der Waals surface area contributed by atoms with Crippen LogP contribution in [0.1, 0.15) is 28.8 Å². The minimum absolute atomic E-state index is 0.185. The lowest BCUT2D eigenvalue weighted by molar-refractivity contribution is -0.136. The second kappa shape index (κ2) is 4.66. The summed E-state index contributed by atoms with van der Waals surface area (Å²) >= 11 is 0. The predicted octanol–water partition coefficient (Wildman–Crippen LogP) is 1.83. The number of alkyl halides is 2. The van der Waals surface area contributed by atoms with E-state index in [1.807, 2.05) is 0 Å². The second-order valence-electron chi connectivity index (χ2n) is 3.17. The monoisotopic (exact) mass is 226 g/mol. The highest BCUT2D eigenvalue weighted by molar-refractivity contribution is 5.72. The van der Waals surface area contributed by atoms with Gasteiger partial charge in [-0.1, -0.05) is 0 Å². The Labute approximate surface area is 90.2 Å². The summed E-state index contributed by atoms with van der Waals surface area (Å²) in [5.41, 5.74) is -0.687. The van der Waals surface area contributed by atoms with Crippen LogP contribution in [-0.2, 0) is 11.2 Å². The number of aliphatic carboxylic acids is 1. The van der Waals surface area contributed by atoms with Crippen LogP contribution in [0.2, 0.25) is 0 Å². The van der Waals surface area contributed by atoms with E-state index in [0.29, 0.717) is 0 Å². The Kier molecular flexibility index (Phi) is 3.51. The third-order valence-electron chi connectivity index (χ3n) is 2.08. The zero-order valence-corrected chi connectivity index (χ0v) is 8.37. The van der Waals surface area contributed by atoms with Gasteiger partial charge < -0.3 is 5.11 Å². The number of nitrogens with zero attached hydrogens (tertiary/aromatic N) is 2. The summed E-state index contributed by atoms with van der Waals surface area (Å²) in [4.78, 5) is 14.2. The standard InChI is InChI=1S/C10H8F2N2O2/c1-5-4-14-7(3-13)6(2-8(15)16)9(5)10(11)12/h4,10H,2H2,1H3,(H,15,16). The van der Waals surface area contributed by atoms with Gasteiger partial charge in [-0.2, -0.15) is 5.26 Å². The van der Waals surface area contributed by atoms with Gasteiger partial charge in [-0.05, 0) is 12.5 Å². The highest BCUT2D eigenvalue weighted by Crippen LogP contribution is 2.27. The third kappa shape index (κ3) is 2.31. The van der Waals surface area contributed by atoms with Crippen LogP contribution in [-0.4, -0.2) is 16.1 Å². The van der Waals surface area contributed by atoms with Crippen LogP contribution >= 0.6 is 0 Å². The molecule has 0 unspecified atom stereocenters. The molecule has 6 heteroatoms. The number of aromatic nitrogens is 1. The first-order valence-corrected chi connectivity index (χ1v) is 4.35. The molecule has 0 bridgehead atoms. The van der Waals surface area contributed by atoms with Gasteiger partial charge in [-0.15, -0.1) is 0 Å². The fourth-order valence-electron chi connectivity index (χ4n) is 1.40. The second-order valence-corrected chi connectivity index (χ2v) is 3.17. The van der Waals surface area contributed by atoms with E-state index in [4.69, 9.17) is 10.4 Å². The smallest absolute Gasteiger partial charge is 0.307 e. The molecule has 16 heavy (non-hydrogen) atoms. The Morgan fingerprint density at radius 1 is 1.69 bits per heavy atom. The number of carboxylic acids is 1. The summed E-state index contributed by atoms with van der Waals surface area (Å²) in [6.07, 6.45) is -2.30. The summed E-state index contributed by atoms with van der Waals surface area (Å²) < 4.78 is 25.5. The Hall–Kier alpha value is -2.03. The van der Waals surface area contributed by atoms with Gasteiger partial charge in [0.25, 0.3) is 6.43 Å². The van der Waals surface area contributed by atoms with Crippen molar-refractivity contribution in [1.29, 1.82) is 5.26 Å². The normalized spacial score (nSPS) is 10.2. The average Bonchev–Trinajstić information content (AvgIpc) is 2.16. The quantitative estimate of drug-likeness (QED) is 0.853. The number of rotatable bonds is 3. The van der Waals surface area contributed by atoms with Gasteiger partial charge in [-0.25, -0.2) is 13.8 Å². The van der Waals surface area contributed by atoms with Crippen molar-refractivity contribution in [2.45, 2.75) is 19.8 Å². The molecule has 0 amide bonds. The molecule has 84 valence electrons. The maximum atomic E-state index is 12.7. The Morgan fingerprint density at radius 3 is 2.75 bits per heavy atom. The molecule has 1 aromatic heterocycles. The predicted molar refractivity (Wildman–Crippen MR) is 50.0 cm³/mol. The molecule has 0 aliphatic carbocycles. The largest absolute Gasteiger partial charge is 0.481 e.